The lowest BCUT2D eigenvalue weighted by atomic mass is 10.3. The summed E-state index contributed by atoms with van der Waals surface area (Å²) in [6.07, 6.45) is 1.55. The quantitative estimate of drug-likeness (QED) is 0.832. The van der Waals surface area contributed by atoms with Gasteiger partial charge in [-0.2, -0.15) is 0 Å². The minimum absolute atomic E-state index is 0.164. The largest absolute Gasteiger partial charge is 0.344 e. The molecule has 0 aliphatic heterocycles. The fraction of sp³-hybridized carbons (Fsp3) is 0.167. The first kappa shape index (κ1) is 11.7. The Balaban J connectivity index is 2.20. The zero-order valence-corrected chi connectivity index (χ0v) is 10.3. The molecule has 2 aromatic rings. The molecule has 0 aliphatic carbocycles. The number of rotatable bonds is 2. The number of aromatic nitrogens is 2. The second-order valence-corrected chi connectivity index (χ2v) is 4.13. The number of halogens is 1. The number of anilines is 1. The molecule has 17 heavy (non-hydrogen) atoms. The number of amides is 1. The van der Waals surface area contributed by atoms with Crippen molar-refractivity contribution in [2.24, 2.45) is 7.05 Å². The van der Waals surface area contributed by atoms with Crippen molar-refractivity contribution in [3.05, 3.63) is 47.0 Å². The third-order valence-corrected chi connectivity index (χ3v) is 2.80. The van der Waals surface area contributed by atoms with Crippen LogP contribution < -0.4 is 5.32 Å². The van der Waals surface area contributed by atoms with Gasteiger partial charge >= 0.3 is 0 Å². The van der Waals surface area contributed by atoms with Crippen molar-refractivity contribution < 1.29 is 4.79 Å². The molecule has 0 aliphatic rings. The Morgan fingerprint density at radius 3 is 2.76 bits per heavy atom. The Morgan fingerprint density at radius 2 is 2.18 bits per heavy atom. The smallest absolute Gasteiger partial charge is 0.272 e. The van der Waals surface area contributed by atoms with Gasteiger partial charge in [0.05, 0.1) is 0 Å². The predicted octanol–water partition coefficient (Wildman–Crippen LogP) is 2.63. The Labute approximate surface area is 104 Å². The third kappa shape index (κ3) is 2.47. The summed E-state index contributed by atoms with van der Waals surface area (Å²) in [5, 5.41) is 3.12. The molecule has 0 saturated carbocycles. The summed E-state index contributed by atoms with van der Waals surface area (Å²) in [7, 11) is 1.85. The molecule has 1 amide bonds. The van der Waals surface area contributed by atoms with E-state index in [1.54, 1.807) is 24.4 Å². The lowest BCUT2D eigenvalue weighted by Gasteiger charge is -2.07. The van der Waals surface area contributed by atoms with Crippen LogP contribution in [-0.2, 0) is 7.05 Å². The number of hydrogen-bond donors (Lipinski definition) is 1. The van der Waals surface area contributed by atoms with Gasteiger partial charge in [-0.3, -0.25) is 4.79 Å². The first-order valence-corrected chi connectivity index (χ1v) is 5.51. The Bertz CT molecular complexity index is 563. The minimum Gasteiger partial charge on any atom is -0.344 e. The molecular formula is C12H12ClN3O. The molecule has 5 heteroatoms. The molecule has 0 fully saturated rings. The van der Waals surface area contributed by atoms with Crippen LogP contribution in [0.2, 0.25) is 5.15 Å². The normalized spacial score (nSPS) is 10.3. The van der Waals surface area contributed by atoms with Crippen molar-refractivity contribution in [1.29, 1.82) is 0 Å². The van der Waals surface area contributed by atoms with Gasteiger partial charge in [-0.25, -0.2) is 4.98 Å². The molecule has 1 N–H and O–H groups in total. The molecule has 0 radical (unpaired) electrons. The maximum atomic E-state index is 12.0. The summed E-state index contributed by atoms with van der Waals surface area (Å²) in [6.45, 7) is 1.94. The zero-order chi connectivity index (χ0) is 12.4. The van der Waals surface area contributed by atoms with Gasteiger partial charge in [0.15, 0.2) is 0 Å². The highest BCUT2D eigenvalue weighted by Gasteiger charge is 2.11. The van der Waals surface area contributed by atoms with Crippen LogP contribution in [0, 0.1) is 6.92 Å². The van der Waals surface area contributed by atoms with E-state index in [2.05, 4.69) is 10.3 Å². The Hall–Kier alpha value is -1.81. The van der Waals surface area contributed by atoms with Crippen LogP contribution in [0.4, 0.5) is 5.69 Å². The summed E-state index contributed by atoms with van der Waals surface area (Å²) in [4.78, 5) is 15.8. The second-order valence-electron chi connectivity index (χ2n) is 3.74. The van der Waals surface area contributed by atoms with Crippen LogP contribution in [0.1, 0.15) is 16.2 Å². The molecule has 0 unspecified atom stereocenters. The van der Waals surface area contributed by atoms with Gasteiger partial charge < -0.3 is 9.88 Å². The highest BCUT2D eigenvalue weighted by atomic mass is 35.5. The summed E-state index contributed by atoms with van der Waals surface area (Å²) in [5.74, 6) is -0.164. The molecule has 4 nitrogen and oxygen atoms in total. The lowest BCUT2D eigenvalue weighted by Crippen LogP contribution is -2.16. The number of pyridine rings is 1. The fourth-order valence-corrected chi connectivity index (χ4v) is 1.69. The number of nitrogens with one attached hydrogen (secondary N) is 1. The van der Waals surface area contributed by atoms with Crippen molar-refractivity contribution in [3.63, 3.8) is 0 Å². The number of nitrogens with zero attached hydrogens (tertiary/aromatic N) is 2. The van der Waals surface area contributed by atoms with Crippen LogP contribution in [0.5, 0.6) is 0 Å². The molecule has 0 bridgehead atoms. The Morgan fingerprint density at radius 1 is 1.41 bits per heavy atom. The average molecular weight is 250 g/mol. The minimum atomic E-state index is -0.164. The SMILES string of the molecule is Cc1ccc(C(=O)Nc2ccnc(Cl)c2)n1C. The van der Waals surface area contributed by atoms with Crippen molar-refractivity contribution in [1.82, 2.24) is 9.55 Å². The average Bonchev–Trinajstić information content (AvgIpc) is 2.60. The van der Waals surface area contributed by atoms with E-state index < -0.39 is 0 Å². The maximum Gasteiger partial charge on any atom is 0.272 e. The molecular weight excluding hydrogens is 238 g/mol. The van der Waals surface area contributed by atoms with Gasteiger partial charge in [0.2, 0.25) is 0 Å². The summed E-state index contributed by atoms with van der Waals surface area (Å²) >= 11 is 5.74. The molecule has 0 saturated heterocycles. The lowest BCUT2D eigenvalue weighted by molar-refractivity contribution is 0.101. The number of aryl methyl sites for hydroxylation is 1. The molecule has 0 atom stereocenters. The molecule has 2 aromatic heterocycles. The van der Waals surface area contributed by atoms with Gasteiger partial charge in [-0.05, 0) is 31.2 Å². The van der Waals surface area contributed by atoms with E-state index >= 15 is 0 Å². The monoisotopic (exact) mass is 249 g/mol. The topological polar surface area (TPSA) is 46.9 Å². The van der Waals surface area contributed by atoms with Gasteiger partial charge in [0.1, 0.15) is 10.8 Å². The van der Waals surface area contributed by atoms with Gasteiger partial charge in [0.25, 0.3) is 5.91 Å². The van der Waals surface area contributed by atoms with E-state index in [0.29, 0.717) is 16.5 Å². The highest BCUT2D eigenvalue weighted by Crippen LogP contribution is 2.14. The maximum absolute atomic E-state index is 12.0. The first-order valence-electron chi connectivity index (χ1n) is 5.13. The van der Waals surface area contributed by atoms with E-state index in [0.717, 1.165) is 5.69 Å². The number of hydrogen-bond acceptors (Lipinski definition) is 2. The molecule has 0 aromatic carbocycles. The van der Waals surface area contributed by atoms with Gasteiger partial charge in [0, 0.05) is 24.6 Å². The van der Waals surface area contributed by atoms with E-state index in [-0.39, 0.29) is 5.91 Å². The fourth-order valence-electron chi connectivity index (χ4n) is 1.52. The summed E-state index contributed by atoms with van der Waals surface area (Å²) < 4.78 is 1.83. The summed E-state index contributed by atoms with van der Waals surface area (Å²) in [5.41, 5.74) is 2.27. The molecule has 2 heterocycles. The van der Waals surface area contributed by atoms with E-state index in [1.807, 2.05) is 24.6 Å². The Kier molecular flexibility index (Phi) is 3.15. The van der Waals surface area contributed by atoms with E-state index in [1.165, 1.54) is 0 Å². The van der Waals surface area contributed by atoms with Crippen LogP contribution >= 0.6 is 11.6 Å². The van der Waals surface area contributed by atoms with Gasteiger partial charge in [-0.15, -0.1) is 0 Å². The van der Waals surface area contributed by atoms with E-state index in [9.17, 15) is 4.79 Å². The molecule has 0 spiro atoms. The number of carbonyl (C=O) groups is 1. The standard InChI is InChI=1S/C12H12ClN3O/c1-8-3-4-10(16(8)2)12(17)15-9-5-6-14-11(13)7-9/h3-7H,1-2H3,(H,14,15,17). The van der Waals surface area contributed by atoms with Crippen molar-refractivity contribution in [2.45, 2.75) is 6.92 Å². The summed E-state index contributed by atoms with van der Waals surface area (Å²) in [6, 6.07) is 6.98. The second kappa shape index (κ2) is 4.59. The van der Waals surface area contributed by atoms with Crippen LogP contribution in [-0.4, -0.2) is 15.5 Å². The van der Waals surface area contributed by atoms with Crippen LogP contribution in [0.15, 0.2) is 30.5 Å². The van der Waals surface area contributed by atoms with Crippen molar-refractivity contribution in [3.8, 4) is 0 Å². The molecule has 2 rings (SSSR count). The highest BCUT2D eigenvalue weighted by molar-refractivity contribution is 6.29. The van der Waals surface area contributed by atoms with Crippen molar-refractivity contribution >= 4 is 23.2 Å². The predicted molar refractivity (Wildman–Crippen MR) is 67.4 cm³/mol. The van der Waals surface area contributed by atoms with Gasteiger partial charge in [-0.1, -0.05) is 11.6 Å². The van der Waals surface area contributed by atoms with Crippen LogP contribution in [0.25, 0.3) is 0 Å². The number of carbonyl (C=O) groups excluding carboxylic acids is 1. The van der Waals surface area contributed by atoms with Crippen LogP contribution in [0.3, 0.4) is 0 Å². The molecule has 88 valence electrons. The third-order valence-electron chi connectivity index (χ3n) is 2.59. The van der Waals surface area contributed by atoms with E-state index in [4.69, 9.17) is 11.6 Å². The van der Waals surface area contributed by atoms with Crippen molar-refractivity contribution in [2.75, 3.05) is 5.32 Å². The first-order chi connectivity index (χ1) is 8.08. The zero-order valence-electron chi connectivity index (χ0n) is 9.57.